The molecule has 0 radical (unpaired) electrons. The molecule has 0 spiro atoms. The average Bonchev–Trinajstić information content (AvgIpc) is 2.09. The Morgan fingerprint density at radius 1 is 1.31 bits per heavy atom. The van der Waals surface area contributed by atoms with Gasteiger partial charge in [0.25, 0.3) is 0 Å². The van der Waals surface area contributed by atoms with Crippen molar-refractivity contribution in [1.82, 2.24) is 0 Å². The number of hydrogen-bond acceptors (Lipinski definition) is 0. The van der Waals surface area contributed by atoms with Gasteiger partial charge in [-0.05, 0) is 37.5 Å². The first-order valence-electron chi connectivity index (χ1n) is 4.29. The lowest BCUT2D eigenvalue weighted by Crippen LogP contribution is -1.84. The normalized spacial score (nSPS) is 11.0. The highest BCUT2D eigenvalue weighted by Gasteiger charge is 1.99. The molecule has 0 saturated heterocycles. The standard InChI is InChI=1S/C11H12Cl2/c1-2-3-4-5-9-6-7-10(12)8-11(9)13/h2-3,6-8H,4-5H2,1H3/b3-2-. The summed E-state index contributed by atoms with van der Waals surface area (Å²) in [6, 6.07) is 5.64. The zero-order valence-electron chi connectivity index (χ0n) is 7.56. The minimum Gasteiger partial charge on any atom is -0.0917 e. The van der Waals surface area contributed by atoms with Crippen LogP contribution in [0.2, 0.25) is 10.0 Å². The van der Waals surface area contributed by atoms with Crippen molar-refractivity contribution in [3.63, 3.8) is 0 Å². The van der Waals surface area contributed by atoms with Crippen molar-refractivity contribution in [2.24, 2.45) is 0 Å². The lowest BCUT2D eigenvalue weighted by Gasteiger charge is -2.01. The van der Waals surface area contributed by atoms with Crippen LogP contribution >= 0.6 is 23.2 Å². The summed E-state index contributed by atoms with van der Waals surface area (Å²) in [7, 11) is 0. The van der Waals surface area contributed by atoms with Gasteiger partial charge in [0.1, 0.15) is 0 Å². The van der Waals surface area contributed by atoms with Crippen molar-refractivity contribution in [3.8, 4) is 0 Å². The summed E-state index contributed by atoms with van der Waals surface area (Å²) < 4.78 is 0. The third-order valence-electron chi connectivity index (χ3n) is 1.83. The van der Waals surface area contributed by atoms with E-state index in [0.29, 0.717) is 5.02 Å². The molecule has 0 saturated carbocycles. The van der Waals surface area contributed by atoms with Crippen LogP contribution in [0.3, 0.4) is 0 Å². The van der Waals surface area contributed by atoms with Crippen LogP contribution in [0.15, 0.2) is 30.4 Å². The second-order valence-corrected chi connectivity index (χ2v) is 3.69. The first-order chi connectivity index (χ1) is 6.24. The first-order valence-corrected chi connectivity index (χ1v) is 5.04. The Balaban J connectivity index is 2.66. The molecule has 13 heavy (non-hydrogen) atoms. The van der Waals surface area contributed by atoms with Gasteiger partial charge in [0.15, 0.2) is 0 Å². The van der Waals surface area contributed by atoms with Crippen molar-refractivity contribution in [2.45, 2.75) is 19.8 Å². The largest absolute Gasteiger partial charge is 0.0917 e. The van der Waals surface area contributed by atoms with E-state index in [0.717, 1.165) is 23.4 Å². The molecule has 1 rings (SSSR count). The molecule has 1 aromatic carbocycles. The molecule has 70 valence electrons. The predicted octanol–water partition coefficient (Wildman–Crippen LogP) is 4.50. The first kappa shape index (κ1) is 10.6. The van der Waals surface area contributed by atoms with Gasteiger partial charge in [-0.1, -0.05) is 41.4 Å². The van der Waals surface area contributed by atoms with Crippen LogP contribution in [0.25, 0.3) is 0 Å². The minimum absolute atomic E-state index is 0.694. The monoisotopic (exact) mass is 214 g/mol. The highest BCUT2D eigenvalue weighted by Crippen LogP contribution is 2.21. The highest BCUT2D eigenvalue weighted by atomic mass is 35.5. The quantitative estimate of drug-likeness (QED) is 0.651. The minimum atomic E-state index is 0.694. The fourth-order valence-electron chi connectivity index (χ4n) is 1.13. The molecule has 0 aromatic heterocycles. The number of aryl methyl sites for hydroxylation is 1. The number of halogens is 2. The lowest BCUT2D eigenvalue weighted by molar-refractivity contribution is 1.000. The summed E-state index contributed by atoms with van der Waals surface area (Å²) in [4.78, 5) is 0. The van der Waals surface area contributed by atoms with Crippen molar-refractivity contribution >= 4 is 23.2 Å². The van der Waals surface area contributed by atoms with Crippen molar-refractivity contribution in [3.05, 3.63) is 46.0 Å². The summed E-state index contributed by atoms with van der Waals surface area (Å²) in [6.45, 7) is 2.02. The van der Waals surface area contributed by atoms with Crippen molar-refractivity contribution in [2.75, 3.05) is 0 Å². The fraction of sp³-hybridized carbons (Fsp3) is 0.273. The van der Waals surface area contributed by atoms with E-state index in [1.165, 1.54) is 0 Å². The molecule has 0 amide bonds. The van der Waals surface area contributed by atoms with E-state index in [-0.39, 0.29) is 0 Å². The van der Waals surface area contributed by atoms with Gasteiger partial charge < -0.3 is 0 Å². The van der Waals surface area contributed by atoms with Crippen LogP contribution in [0.5, 0.6) is 0 Å². The lowest BCUT2D eigenvalue weighted by atomic mass is 10.1. The van der Waals surface area contributed by atoms with Crippen LogP contribution in [0.4, 0.5) is 0 Å². The van der Waals surface area contributed by atoms with E-state index in [9.17, 15) is 0 Å². The topological polar surface area (TPSA) is 0 Å². The maximum Gasteiger partial charge on any atom is 0.0452 e. The van der Waals surface area contributed by atoms with Gasteiger partial charge in [-0.3, -0.25) is 0 Å². The molecule has 0 aliphatic carbocycles. The van der Waals surface area contributed by atoms with Gasteiger partial charge in [0.05, 0.1) is 0 Å². The number of hydrogen-bond donors (Lipinski definition) is 0. The molecule has 0 unspecified atom stereocenters. The Hall–Kier alpha value is -0.460. The molecular weight excluding hydrogens is 203 g/mol. The molecule has 0 bridgehead atoms. The zero-order chi connectivity index (χ0) is 9.68. The zero-order valence-corrected chi connectivity index (χ0v) is 9.07. The molecule has 0 fully saturated rings. The molecule has 0 heterocycles. The molecule has 0 nitrogen and oxygen atoms in total. The third kappa shape index (κ3) is 3.41. The van der Waals surface area contributed by atoms with E-state index in [4.69, 9.17) is 23.2 Å². The smallest absolute Gasteiger partial charge is 0.0452 e. The molecule has 0 atom stereocenters. The van der Waals surface area contributed by atoms with Crippen LogP contribution in [0.1, 0.15) is 18.9 Å². The fourth-order valence-corrected chi connectivity index (χ4v) is 1.63. The van der Waals surface area contributed by atoms with E-state index < -0.39 is 0 Å². The number of allylic oxidation sites excluding steroid dienone is 2. The van der Waals surface area contributed by atoms with Crippen molar-refractivity contribution in [1.29, 1.82) is 0 Å². The van der Waals surface area contributed by atoms with Gasteiger partial charge in [0, 0.05) is 10.0 Å². The third-order valence-corrected chi connectivity index (χ3v) is 2.42. The van der Waals surface area contributed by atoms with E-state index in [2.05, 4.69) is 6.08 Å². The Labute approximate surface area is 89.2 Å². The van der Waals surface area contributed by atoms with Gasteiger partial charge in [-0.2, -0.15) is 0 Å². The summed E-state index contributed by atoms with van der Waals surface area (Å²) in [5.74, 6) is 0. The van der Waals surface area contributed by atoms with E-state index >= 15 is 0 Å². The Bertz CT molecular complexity index is 303. The highest BCUT2D eigenvalue weighted by molar-refractivity contribution is 6.35. The summed E-state index contributed by atoms with van der Waals surface area (Å²) in [6.07, 6.45) is 6.17. The predicted molar refractivity (Wildman–Crippen MR) is 59.6 cm³/mol. The summed E-state index contributed by atoms with van der Waals surface area (Å²) >= 11 is 11.8. The van der Waals surface area contributed by atoms with Gasteiger partial charge >= 0.3 is 0 Å². The average molecular weight is 215 g/mol. The summed E-state index contributed by atoms with van der Waals surface area (Å²) in [5.41, 5.74) is 1.16. The Kier molecular flexibility index (Phi) is 4.34. The Morgan fingerprint density at radius 3 is 2.69 bits per heavy atom. The van der Waals surface area contributed by atoms with Gasteiger partial charge in [-0.25, -0.2) is 0 Å². The molecule has 0 N–H and O–H groups in total. The van der Waals surface area contributed by atoms with E-state index in [1.807, 2.05) is 25.1 Å². The SMILES string of the molecule is C/C=C\CCc1ccc(Cl)cc1Cl. The second kappa shape index (κ2) is 5.31. The van der Waals surface area contributed by atoms with Gasteiger partial charge in [0.2, 0.25) is 0 Å². The Morgan fingerprint density at radius 2 is 2.08 bits per heavy atom. The molecule has 0 aliphatic heterocycles. The van der Waals surface area contributed by atoms with Crippen LogP contribution < -0.4 is 0 Å². The maximum atomic E-state index is 6.00. The van der Waals surface area contributed by atoms with E-state index in [1.54, 1.807) is 6.07 Å². The molecular formula is C11H12Cl2. The van der Waals surface area contributed by atoms with Crippen LogP contribution in [-0.4, -0.2) is 0 Å². The van der Waals surface area contributed by atoms with Crippen LogP contribution in [0, 0.1) is 0 Å². The van der Waals surface area contributed by atoms with Crippen LogP contribution in [-0.2, 0) is 6.42 Å². The molecule has 0 aliphatic rings. The maximum absolute atomic E-state index is 6.00. The molecule has 2 heteroatoms. The number of benzene rings is 1. The molecule has 1 aromatic rings. The number of rotatable bonds is 3. The summed E-state index contributed by atoms with van der Waals surface area (Å²) in [5, 5.41) is 1.46. The second-order valence-electron chi connectivity index (χ2n) is 2.84. The van der Waals surface area contributed by atoms with Gasteiger partial charge in [-0.15, -0.1) is 0 Å². The van der Waals surface area contributed by atoms with Crippen molar-refractivity contribution < 1.29 is 0 Å².